The Morgan fingerprint density at radius 3 is 2.88 bits per heavy atom. The average molecular weight is 464 g/mol. The van der Waals surface area contributed by atoms with E-state index in [9.17, 15) is 4.79 Å². The number of H-pyrrole nitrogens is 1. The molecule has 0 aliphatic rings. The molecule has 0 spiro atoms. The number of carbonyl (C=O) groups is 1. The van der Waals surface area contributed by atoms with Crippen LogP contribution in [0.15, 0.2) is 55.0 Å². The number of thiazole rings is 1. The van der Waals surface area contributed by atoms with Crippen LogP contribution in [0.3, 0.4) is 0 Å². The number of carbonyl (C=O) groups excluding carboxylic acids is 1. The van der Waals surface area contributed by atoms with Crippen LogP contribution in [0, 0.1) is 0 Å². The molecule has 3 aromatic heterocycles. The minimum absolute atomic E-state index is 0.0702. The van der Waals surface area contributed by atoms with Gasteiger partial charge in [-0.1, -0.05) is 49.3 Å². The van der Waals surface area contributed by atoms with Crippen molar-refractivity contribution in [2.45, 2.75) is 38.6 Å². The SMILES string of the molecule is CCCCC(Cc1c[nH]c2ccccc12)NC(=O)c1cnc(NCCNc2cccnn2)s1. The molecule has 4 aromatic rings. The second-order valence-electron chi connectivity index (χ2n) is 7.87. The van der Waals surface area contributed by atoms with Crippen LogP contribution in [-0.4, -0.2) is 45.2 Å². The van der Waals surface area contributed by atoms with Crippen LogP contribution in [0.5, 0.6) is 0 Å². The first-order valence-corrected chi connectivity index (χ1v) is 12.1. The minimum Gasteiger partial charge on any atom is -0.367 e. The smallest absolute Gasteiger partial charge is 0.263 e. The third kappa shape index (κ3) is 6.29. The van der Waals surface area contributed by atoms with E-state index in [0.29, 0.717) is 18.0 Å². The number of para-hydroxylation sites is 1. The number of nitrogens with one attached hydrogen (secondary N) is 4. The van der Waals surface area contributed by atoms with Crippen LogP contribution >= 0.6 is 11.3 Å². The van der Waals surface area contributed by atoms with Crippen LogP contribution in [0.2, 0.25) is 0 Å². The summed E-state index contributed by atoms with van der Waals surface area (Å²) in [5, 5.41) is 19.4. The molecule has 4 N–H and O–H groups in total. The number of hydrogen-bond acceptors (Lipinski definition) is 7. The molecular weight excluding hydrogens is 434 g/mol. The standard InChI is InChI=1S/C24H29N7OS/c1-2-3-7-18(14-17-15-27-20-9-5-4-8-19(17)20)30-23(32)21-16-28-24(33-21)26-13-12-25-22-10-6-11-29-31-22/h4-6,8-11,15-16,18,27H,2-3,7,12-14H2,1H3,(H,25,31)(H,26,28)(H,30,32). The van der Waals surface area contributed by atoms with E-state index in [4.69, 9.17) is 0 Å². The van der Waals surface area contributed by atoms with E-state index in [1.807, 2.05) is 24.3 Å². The number of benzene rings is 1. The molecule has 1 atom stereocenters. The van der Waals surface area contributed by atoms with E-state index in [-0.39, 0.29) is 11.9 Å². The Hall–Kier alpha value is -3.46. The largest absolute Gasteiger partial charge is 0.367 e. The molecule has 3 heterocycles. The van der Waals surface area contributed by atoms with Gasteiger partial charge in [-0.15, -0.1) is 5.10 Å². The lowest BCUT2D eigenvalue weighted by molar-refractivity contribution is 0.0938. The summed E-state index contributed by atoms with van der Waals surface area (Å²) >= 11 is 1.37. The first-order chi connectivity index (χ1) is 16.2. The first-order valence-electron chi connectivity index (χ1n) is 11.3. The van der Waals surface area contributed by atoms with E-state index in [1.165, 1.54) is 22.3 Å². The van der Waals surface area contributed by atoms with Gasteiger partial charge < -0.3 is 20.9 Å². The summed E-state index contributed by atoms with van der Waals surface area (Å²) in [5.41, 5.74) is 2.36. The van der Waals surface area contributed by atoms with Crippen molar-refractivity contribution in [1.29, 1.82) is 0 Å². The summed E-state index contributed by atoms with van der Waals surface area (Å²) in [4.78, 5) is 21.2. The maximum absolute atomic E-state index is 12.9. The minimum atomic E-state index is -0.0702. The Morgan fingerprint density at radius 2 is 2.03 bits per heavy atom. The lowest BCUT2D eigenvalue weighted by Gasteiger charge is -2.18. The lowest BCUT2D eigenvalue weighted by Crippen LogP contribution is -2.36. The van der Waals surface area contributed by atoms with Crippen molar-refractivity contribution in [2.24, 2.45) is 0 Å². The van der Waals surface area contributed by atoms with Gasteiger partial charge in [0.2, 0.25) is 0 Å². The highest BCUT2D eigenvalue weighted by molar-refractivity contribution is 7.17. The summed E-state index contributed by atoms with van der Waals surface area (Å²) in [7, 11) is 0. The second kappa shape index (κ2) is 11.4. The van der Waals surface area contributed by atoms with Crippen molar-refractivity contribution in [3.05, 3.63) is 65.4 Å². The predicted octanol–water partition coefficient (Wildman–Crippen LogP) is 4.47. The molecule has 9 heteroatoms. The van der Waals surface area contributed by atoms with E-state index in [0.717, 1.165) is 42.1 Å². The van der Waals surface area contributed by atoms with Crippen LogP contribution in [0.25, 0.3) is 10.9 Å². The fourth-order valence-electron chi connectivity index (χ4n) is 3.71. The van der Waals surface area contributed by atoms with Gasteiger partial charge in [0.1, 0.15) is 10.7 Å². The van der Waals surface area contributed by atoms with Crippen LogP contribution < -0.4 is 16.0 Å². The van der Waals surface area contributed by atoms with Gasteiger partial charge in [-0.25, -0.2) is 4.98 Å². The molecule has 0 bridgehead atoms. The normalized spacial score (nSPS) is 11.9. The summed E-state index contributed by atoms with van der Waals surface area (Å²) in [6, 6.07) is 12.1. The Morgan fingerprint density at radius 1 is 1.15 bits per heavy atom. The van der Waals surface area contributed by atoms with Gasteiger partial charge in [0.15, 0.2) is 5.13 Å². The molecule has 0 saturated heterocycles. The van der Waals surface area contributed by atoms with Gasteiger partial charge in [-0.2, -0.15) is 5.10 Å². The number of aromatic nitrogens is 4. The van der Waals surface area contributed by atoms with Crippen LogP contribution in [0.4, 0.5) is 10.9 Å². The zero-order chi connectivity index (χ0) is 22.9. The van der Waals surface area contributed by atoms with Crippen molar-refractivity contribution < 1.29 is 4.79 Å². The quantitative estimate of drug-likeness (QED) is 0.231. The number of anilines is 2. The highest BCUT2D eigenvalue weighted by Crippen LogP contribution is 2.22. The Bertz CT molecular complexity index is 1160. The monoisotopic (exact) mass is 463 g/mol. The molecule has 4 rings (SSSR count). The van der Waals surface area contributed by atoms with E-state index in [2.05, 4.69) is 61.4 Å². The van der Waals surface area contributed by atoms with Gasteiger partial charge in [0.25, 0.3) is 5.91 Å². The van der Waals surface area contributed by atoms with E-state index < -0.39 is 0 Å². The molecule has 0 aliphatic carbocycles. The van der Waals surface area contributed by atoms with E-state index >= 15 is 0 Å². The van der Waals surface area contributed by atoms with E-state index in [1.54, 1.807) is 12.4 Å². The highest BCUT2D eigenvalue weighted by atomic mass is 32.1. The van der Waals surface area contributed by atoms with Gasteiger partial charge in [0, 0.05) is 42.4 Å². The molecule has 0 saturated carbocycles. The lowest BCUT2D eigenvalue weighted by atomic mass is 10.0. The van der Waals surface area contributed by atoms with Crippen molar-refractivity contribution in [3.8, 4) is 0 Å². The zero-order valence-electron chi connectivity index (χ0n) is 18.7. The number of rotatable bonds is 12. The Labute approximate surface area is 197 Å². The van der Waals surface area contributed by atoms with Gasteiger partial charge >= 0.3 is 0 Å². The maximum atomic E-state index is 12.9. The second-order valence-corrected chi connectivity index (χ2v) is 8.90. The van der Waals surface area contributed by atoms with Crippen molar-refractivity contribution in [2.75, 3.05) is 23.7 Å². The molecule has 8 nitrogen and oxygen atoms in total. The maximum Gasteiger partial charge on any atom is 0.263 e. The Balaban J connectivity index is 1.31. The molecule has 0 fully saturated rings. The number of aromatic amines is 1. The number of unbranched alkanes of at least 4 members (excludes halogenated alkanes) is 1. The van der Waals surface area contributed by atoms with Gasteiger partial charge in [0.05, 0.1) is 6.20 Å². The van der Waals surface area contributed by atoms with Crippen LogP contribution in [-0.2, 0) is 6.42 Å². The molecule has 1 amide bonds. The van der Waals surface area contributed by atoms with Crippen molar-refractivity contribution >= 4 is 39.1 Å². The Kier molecular flexibility index (Phi) is 7.86. The van der Waals surface area contributed by atoms with Crippen LogP contribution in [0.1, 0.15) is 41.4 Å². The summed E-state index contributed by atoms with van der Waals surface area (Å²) < 4.78 is 0. The molecule has 0 aliphatic heterocycles. The summed E-state index contributed by atoms with van der Waals surface area (Å²) in [6.07, 6.45) is 9.24. The zero-order valence-corrected chi connectivity index (χ0v) is 19.5. The first kappa shape index (κ1) is 22.7. The molecule has 33 heavy (non-hydrogen) atoms. The van der Waals surface area contributed by atoms with Gasteiger partial charge in [-0.05, 0) is 36.6 Å². The summed E-state index contributed by atoms with van der Waals surface area (Å²) in [5.74, 6) is 0.658. The third-order valence-electron chi connectivity index (χ3n) is 5.39. The van der Waals surface area contributed by atoms with Crippen molar-refractivity contribution in [3.63, 3.8) is 0 Å². The molecule has 172 valence electrons. The molecular formula is C24H29N7OS. The number of fused-ring (bicyclic) bond motifs is 1. The average Bonchev–Trinajstić information content (AvgIpc) is 3.48. The molecule has 1 unspecified atom stereocenters. The predicted molar refractivity (Wildman–Crippen MR) is 134 cm³/mol. The highest BCUT2D eigenvalue weighted by Gasteiger charge is 2.18. The summed E-state index contributed by atoms with van der Waals surface area (Å²) in [6.45, 7) is 3.50. The fourth-order valence-corrected chi connectivity index (χ4v) is 4.46. The third-order valence-corrected chi connectivity index (χ3v) is 6.35. The number of hydrogen-bond donors (Lipinski definition) is 4. The number of nitrogens with zero attached hydrogens (tertiary/aromatic N) is 3. The molecule has 0 radical (unpaired) electrons. The number of amides is 1. The van der Waals surface area contributed by atoms with Crippen molar-refractivity contribution in [1.82, 2.24) is 25.5 Å². The topological polar surface area (TPSA) is 108 Å². The fraction of sp³-hybridized carbons (Fsp3) is 0.333. The molecule has 1 aromatic carbocycles. The van der Waals surface area contributed by atoms with Gasteiger partial charge in [-0.3, -0.25) is 4.79 Å².